The third kappa shape index (κ3) is 3.10. The first-order chi connectivity index (χ1) is 11.2. The normalized spacial score (nSPS) is 11.0. The molecule has 0 aliphatic heterocycles. The highest BCUT2D eigenvalue weighted by atomic mass is 16.4. The van der Waals surface area contributed by atoms with Gasteiger partial charge in [0.2, 0.25) is 0 Å². The van der Waals surface area contributed by atoms with E-state index < -0.39 is 5.97 Å². The number of fused-ring (bicyclic) bond motifs is 1. The molecule has 0 amide bonds. The lowest BCUT2D eigenvalue weighted by molar-refractivity contribution is 0.0697. The van der Waals surface area contributed by atoms with E-state index in [0.29, 0.717) is 12.1 Å². The number of carbonyl (C=O) groups is 1. The lowest BCUT2D eigenvalue weighted by Gasteiger charge is -2.04. The molecule has 1 aromatic carbocycles. The molecule has 0 fully saturated rings. The van der Waals surface area contributed by atoms with E-state index in [1.54, 1.807) is 18.3 Å². The fourth-order valence-corrected chi connectivity index (χ4v) is 2.82. The minimum Gasteiger partial charge on any atom is -0.478 e. The fourth-order valence-electron chi connectivity index (χ4n) is 2.82. The highest BCUT2D eigenvalue weighted by molar-refractivity contribution is 5.97. The molecule has 118 valence electrons. The summed E-state index contributed by atoms with van der Waals surface area (Å²) in [5, 5.41) is 10.2. The van der Waals surface area contributed by atoms with E-state index in [4.69, 9.17) is 5.73 Å². The van der Waals surface area contributed by atoms with Crippen LogP contribution >= 0.6 is 0 Å². The number of benzene rings is 1. The number of aromatic carboxylic acids is 1. The van der Waals surface area contributed by atoms with Gasteiger partial charge in [-0.15, -0.1) is 0 Å². The topological polar surface area (TPSA) is 92.0 Å². The number of nitrogens with two attached hydrogens (primary N) is 1. The number of H-pyrrole nitrogens is 1. The number of aromatic nitrogens is 2. The van der Waals surface area contributed by atoms with E-state index in [9.17, 15) is 9.90 Å². The van der Waals surface area contributed by atoms with E-state index in [1.807, 2.05) is 24.3 Å². The van der Waals surface area contributed by atoms with Gasteiger partial charge in [0.25, 0.3) is 0 Å². The van der Waals surface area contributed by atoms with Crippen molar-refractivity contribution in [3.05, 3.63) is 53.7 Å². The highest BCUT2D eigenvalue weighted by Gasteiger charge is 2.15. The summed E-state index contributed by atoms with van der Waals surface area (Å²) in [6.07, 6.45) is 4.49. The predicted octanol–water partition coefficient (Wildman–Crippen LogP) is 3.21. The number of aromatic amines is 1. The molecular weight excluding hydrogens is 290 g/mol. The summed E-state index contributed by atoms with van der Waals surface area (Å²) in [4.78, 5) is 19.1. The van der Waals surface area contributed by atoms with E-state index in [-0.39, 0.29) is 0 Å². The monoisotopic (exact) mass is 309 g/mol. The van der Waals surface area contributed by atoms with Gasteiger partial charge in [-0.05, 0) is 61.7 Å². The van der Waals surface area contributed by atoms with Gasteiger partial charge in [0.15, 0.2) is 0 Å². The molecule has 3 aromatic rings. The zero-order valence-corrected chi connectivity index (χ0v) is 12.7. The molecule has 23 heavy (non-hydrogen) atoms. The van der Waals surface area contributed by atoms with Crippen LogP contribution in [0.15, 0.2) is 42.6 Å². The molecule has 0 unspecified atom stereocenters. The largest absolute Gasteiger partial charge is 0.478 e. The Hall–Kier alpha value is -2.66. The van der Waals surface area contributed by atoms with Crippen LogP contribution in [0.5, 0.6) is 0 Å². The maximum Gasteiger partial charge on any atom is 0.335 e. The van der Waals surface area contributed by atoms with Gasteiger partial charge in [0.1, 0.15) is 0 Å². The van der Waals surface area contributed by atoms with Crippen molar-refractivity contribution < 1.29 is 9.90 Å². The maximum absolute atomic E-state index is 11.3. The van der Waals surface area contributed by atoms with Crippen molar-refractivity contribution in [3.63, 3.8) is 0 Å². The first-order valence-corrected chi connectivity index (χ1v) is 7.70. The van der Waals surface area contributed by atoms with Crippen LogP contribution in [0.25, 0.3) is 22.3 Å². The summed E-state index contributed by atoms with van der Waals surface area (Å²) in [6, 6.07) is 10.9. The van der Waals surface area contributed by atoms with E-state index in [1.165, 1.54) is 0 Å². The van der Waals surface area contributed by atoms with Crippen LogP contribution in [-0.2, 0) is 6.42 Å². The molecule has 5 nitrogen and oxygen atoms in total. The Balaban J connectivity index is 2.14. The third-order valence-corrected chi connectivity index (χ3v) is 3.96. The minimum atomic E-state index is -0.916. The second-order valence-electron chi connectivity index (χ2n) is 5.50. The van der Waals surface area contributed by atoms with E-state index in [2.05, 4.69) is 9.97 Å². The maximum atomic E-state index is 11.3. The first-order valence-electron chi connectivity index (χ1n) is 7.70. The molecule has 0 aliphatic rings. The second-order valence-corrected chi connectivity index (χ2v) is 5.50. The lowest BCUT2D eigenvalue weighted by Crippen LogP contribution is -2.00. The number of nitrogens with one attached hydrogen (secondary N) is 1. The van der Waals surface area contributed by atoms with Crippen molar-refractivity contribution in [1.29, 1.82) is 0 Å². The van der Waals surface area contributed by atoms with Crippen LogP contribution in [0.4, 0.5) is 0 Å². The van der Waals surface area contributed by atoms with Crippen molar-refractivity contribution in [3.8, 4) is 11.4 Å². The number of aryl methyl sites for hydroxylation is 1. The number of hydrogen-bond acceptors (Lipinski definition) is 3. The van der Waals surface area contributed by atoms with Gasteiger partial charge in [-0.3, -0.25) is 4.98 Å². The van der Waals surface area contributed by atoms with Crippen molar-refractivity contribution in [2.45, 2.75) is 19.3 Å². The van der Waals surface area contributed by atoms with Crippen LogP contribution in [-0.4, -0.2) is 27.6 Å². The summed E-state index contributed by atoms with van der Waals surface area (Å²) in [5.74, 6) is -0.916. The number of nitrogens with zero attached hydrogens (tertiary/aromatic N) is 1. The quantitative estimate of drug-likeness (QED) is 0.610. The molecule has 0 bridgehead atoms. The SMILES string of the molecule is NCCCCc1c(-c2ccccn2)[nH]c2ccc(C(=O)O)cc12. The van der Waals surface area contributed by atoms with Gasteiger partial charge >= 0.3 is 5.97 Å². The summed E-state index contributed by atoms with van der Waals surface area (Å²) >= 11 is 0. The fraction of sp³-hybridized carbons (Fsp3) is 0.222. The van der Waals surface area contributed by atoms with Crippen molar-refractivity contribution in [1.82, 2.24) is 9.97 Å². The molecule has 4 N–H and O–H groups in total. The molecule has 0 atom stereocenters. The highest BCUT2D eigenvalue weighted by Crippen LogP contribution is 2.31. The number of hydrogen-bond donors (Lipinski definition) is 3. The average Bonchev–Trinajstić information content (AvgIpc) is 2.94. The predicted molar refractivity (Wildman–Crippen MR) is 90.5 cm³/mol. The first kappa shape index (κ1) is 15.2. The molecule has 0 saturated heterocycles. The summed E-state index contributed by atoms with van der Waals surface area (Å²) < 4.78 is 0. The van der Waals surface area contributed by atoms with E-state index in [0.717, 1.165) is 47.1 Å². The van der Waals surface area contributed by atoms with Crippen molar-refractivity contribution >= 4 is 16.9 Å². The Morgan fingerprint density at radius 1 is 1.22 bits per heavy atom. The van der Waals surface area contributed by atoms with Crippen LogP contribution < -0.4 is 5.73 Å². The summed E-state index contributed by atoms with van der Waals surface area (Å²) in [6.45, 7) is 0.654. The van der Waals surface area contributed by atoms with Gasteiger partial charge in [-0.25, -0.2) is 4.79 Å². The molecule has 5 heteroatoms. The van der Waals surface area contributed by atoms with Crippen LogP contribution in [0.2, 0.25) is 0 Å². The molecule has 2 aromatic heterocycles. The van der Waals surface area contributed by atoms with Gasteiger partial charge in [0, 0.05) is 17.1 Å². The van der Waals surface area contributed by atoms with Crippen molar-refractivity contribution in [2.24, 2.45) is 5.73 Å². The van der Waals surface area contributed by atoms with Crippen LogP contribution in [0, 0.1) is 0 Å². The zero-order chi connectivity index (χ0) is 16.2. The Kier molecular flexibility index (Phi) is 4.39. The zero-order valence-electron chi connectivity index (χ0n) is 12.7. The van der Waals surface area contributed by atoms with Crippen molar-refractivity contribution in [2.75, 3.05) is 6.54 Å². The summed E-state index contributed by atoms with van der Waals surface area (Å²) in [5.41, 5.74) is 9.75. The smallest absolute Gasteiger partial charge is 0.335 e. The molecule has 0 saturated carbocycles. The standard InChI is InChI=1S/C18H19N3O2/c19-9-3-1-5-13-14-11-12(18(22)23)7-8-15(14)21-17(13)16-6-2-4-10-20-16/h2,4,6-8,10-11,21H,1,3,5,9,19H2,(H,22,23). The van der Waals surface area contributed by atoms with Crippen LogP contribution in [0.3, 0.4) is 0 Å². The number of carboxylic acid groups (broad SMARTS) is 1. The molecule has 3 rings (SSSR count). The third-order valence-electron chi connectivity index (χ3n) is 3.96. The molecular formula is C18H19N3O2. The second kappa shape index (κ2) is 6.62. The Morgan fingerprint density at radius 2 is 2.09 bits per heavy atom. The van der Waals surface area contributed by atoms with Crippen LogP contribution in [0.1, 0.15) is 28.8 Å². The Morgan fingerprint density at radius 3 is 2.78 bits per heavy atom. The molecule has 0 radical (unpaired) electrons. The van der Waals surface area contributed by atoms with E-state index >= 15 is 0 Å². The van der Waals surface area contributed by atoms with Gasteiger partial charge in [0.05, 0.1) is 17.0 Å². The Bertz CT molecular complexity index is 825. The lowest BCUT2D eigenvalue weighted by atomic mass is 10.0. The molecule has 0 aliphatic carbocycles. The number of carboxylic acids is 1. The number of unbranched alkanes of at least 4 members (excludes halogenated alkanes) is 1. The average molecular weight is 309 g/mol. The number of rotatable bonds is 6. The number of pyridine rings is 1. The Labute approximate surface area is 134 Å². The summed E-state index contributed by atoms with van der Waals surface area (Å²) in [7, 11) is 0. The van der Waals surface area contributed by atoms with Gasteiger partial charge in [-0.2, -0.15) is 0 Å². The molecule has 0 spiro atoms. The molecule has 2 heterocycles. The minimum absolute atomic E-state index is 0.296. The van der Waals surface area contributed by atoms with Gasteiger partial charge in [-0.1, -0.05) is 6.07 Å². The van der Waals surface area contributed by atoms with Gasteiger partial charge < -0.3 is 15.8 Å².